The quantitative estimate of drug-likeness (QED) is 0.580. The molecule has 0 radical (unpaired) electrons. The molecule has 0 bridgehead atoms. The van der Waals surface area contributed by atoms with E-state index in [1.807, 2.05) is 30.4 Å². The van der Waals surface area contributed by atoms with Gasteiger partial charge in [0.25, 0.3) is 0 Å². The topological polar surface area (TPSA) is 26.3 Å². The van der Waals surface area contributed by atoms with Crippen LogP contribution in [0.3, 0.4) is 0 Å². The fraction of sp³-hybridized carbons (Fsp3) is 0.188. The number of hydrogen-bond acceptors (Lipinski definition) is 2. The van der Waals surface area contributed by atoms with Gasteiger partial charge < -0.3 is 4.74 Å². The van der Waals surface area contributed by atoms with E-state index in [4.69, 9.17) is 4.74 Å². The van der Waals surface area contributed by atoms with Crippen LogP contribution in [0.15, 0.2) is 66.5 Å². The Morgan fingerprint density at radius 2 is 1.94 bits per heavy atom. The van der Waals surface area contributed by atoms with Crippen molar-refractivity contribution in [1.29, 1.82) is 0 Å². The lowest BCUT2D eigenvalue weighted by molar-refractivity contribution is -0.134. The van der Waals surface area contributed by atoms with Gasteiger partial charge >= 0.3 is 5.97 Å². The molecular weight excluding hydrogens is 224 g/mol. The summed E-state index contributed by atoms with van der Waals surface area (Å²) < 4.78 is 4.93. The molecule has 0 atom stereocenters. The number of carbonyl (C=O) groups is 1. The normalized spacial score (nSPS) is 12.2. The third-order valence-electron chi connectivity index (χ3n) is 2.25. The van der Waals surface area contributed by atoms with E-state index in [1.54, 1.807) is 13.0 Å². The van der Waals surface area contributed by atoms with E-state index < -0.39 is 0 Å². The largest absolute Gasteiger partial charge is 0.427 e. The van der Waals surface area contributed by atoms with Crippen LogP contribution in [0.5, 0.6) is 0 Å². The minimum absolute atomic E-state index is 0.347. The summed E-state index contributed by atoms with van der Waals surface area (Å²) >= 11 is 0. The lowest BCUT2D eigenvalue weighted by atomic mass is 10.2. The van der Waals surface area contributed by atoms with E-state index >= 15 is 0 Å². The maximum Gasteiger partial charge on any atom is 0.338 e. The van der Waals surface area contributed by atoms with Gasteiger partial charge in [-0.2, -0.15) is 0 Å². The van der Waals surface area contributed by atoms with E-state index in [0.717, 1.165) is 0 Å². The molecule has 1 aromatic rings. The van der Waals surface area contributed by atoms with Gasteiger partial charge in [0.2, 0.25) is 0 Å². The molecule has 2 rings (SSSR count). The SMILES string of the molecule is C=C(C)C(=O)OC1=CC=CC1.Cc1ccccc1. The average Bonchev–Trinajstić information content (AvgIpc) is 2.83. The maximum atomic E-state index is 10.9. The molecule has 0 spiro atoms. The summed E-state index contributed by atoms with van der Waals surface area (Å²) in [6.45, 7) is 7.19. The van der Waals surface area contributed by atoms with Gasteiger partial charge in [-0.15, -0.1) is 0 Å². The van der Waals surface area contributed by atoms with Crippen molar-refractivity contribution in [2.75, 3.05) is 0 Å². The van der Waals surface area contributed by atoms with E-state index in [0.29, 0.717) is 17.8 Å². The second-order valence-corrected chi connectivity index (χ2v) is 4.09. The van der Waals surface area contributed by atoms with Crippen LogP contribution in [0.1, 0.15) is 18.9 Å². The van der Waals surface area contributed by atoms with E-state index in [1.165, 1.54) is 5.56 Å². The maximum absolute atomic E-state index is 10.9. The summed E-state index contributed by atoms with van der Waals surface area (Å²) in [5.41, 5.74) is 1.75. The first kappa shape index (κ1) is 14.0. The summed E-state index contributed by atoms with van der Waals surface area (Å²) in [7, 11) is 0. The summed E-state index contributed by atoms with van der Waals surface area (Å²) in [5, 5.41) is 0. The van der Waals surface area contributed by atoms with E-state index in [9.17, 15) is 4.79 Å². The number of benzene rings is 1. The Morgan fingerprint density at radius 3 is 2.33 bits per heavy atom. The highest BCUT2D eigenvalue weighted by Gasteiger charge is 2.07. The first-order chi connectivity index (χ1) is 8.59. The first-order valence-electron chi connectivity index (χ1n) is 5.84. The highest BCUT2D eigenvalue weighted by atomic mass is 16.5. The van der Waals surface area contributed by atoms with Crippen molar-refractivity contribution in [2.45, 2.75) is 20.3 Å². The zero-order chi connectivity index (χ0) is 13.4. The van der Waals surface area contributed by atoms with Gasteiger partial charge in [0.15, 0.2) is 0 Å². The minimum Gasteiger partial charge on any atom is -0.427 e. The van der Waals surface area contributed by atoms with Crippen LogP contribution < -0.4 is 0 Å². The van der Waals surface area contributed by atoms with Crippen molar-refractivity contribution < 1.29 is 9.53 Å². The number of allylic oxidation sites excluding steroid dienone is 3. The zero-order valence-corrected chi connectivity index (χ0v) is 10.8. The fourth-order valence-corrected chi connectivity index (χ4v) is 1.24. The monoisotopic (exact) mass is 242 g/mol. The second-order valence-electron chi connectivity index (χ2n) is 4.09. The summed E-state index contributed by atoms with van der Waals surface area (Å²) in [6, 6.07) is 10.3. The Hall–Kier alpha value is -2.09. The summed E-state index contributed by atoms with van der Waals surface area (Å²) in [5.74, 6) is 0.345. The van der Waals surface area contributed by atoms with Gasteiger partial charge in [-0.05, 0) is 19.9 Å². The van der Waals surface area contributed by atoms with E-state index in [2.05, 4.69) is 25.6 Å². The fourth-order valence-electron chi connectivity index (χ4n) is 1.24. The molecular formula is C16H18O2. The van der Waals surface area contributed by atoms with Crippen LogP contribution in [0.25, 0.3) is 0 Å². The molecule has 0 saturated carbocycles. The van der Waals surface area contributed by atoms with Crippen LogP contribution in [0.2, 0.25) is 0 Å². The van der Waals surface area contributed by atoms with Crippen molar-refractivity contribution in [1.82, 2.24) is 0 Å². The molecule has 18 heavy (non-hydrogen) atoms. The predicted octanol–water partition coefficient (Wildman–Crippen LogP) is 3.94. The third-order valence-corrected chi connectivity index (χ3v) is 2.25. The van der Waals surface area contributed by atoms with Crippen molar-refractivity contribution in [2.24, 2.45) is 0 Å². The summed E-state index contributed by atoms with van der Waals surface area (Å²) in [6.07, 6.45) is 6.28. The molecule has 0 fully saturated rings. The highest BCUT2D eigenvalue weighted by Crippen LogP contribution is 2.12. The number of carbonyl (C=O) groups excluding carboxylic acids is 1. The van der Waals surface area contributed by atoms with Gasteiger partial charge in [0, 0.05) is 12.0 Å². The van der Waals surface area contributed by atoms with Crippen LogP contribution in [0.4, 0.5) is 0 Å². The van der Waals surface area contributed by atoms with Crippen LogP contribution in [-0.4, -0.2) is 5.97 Å². The highest BCUT2D eigenvalue weighted by molar-refractivity contribution is 5.87. The standard InChI is InChI=1S/C9H10O2.C7H8/c1-7(2)9(10)11-8-5-3-4-6-8;1-7-5-3-2-4-6-7/h3-5H,1,6H2,2H3;2-6H,1H3. The second kappa shape index (κ2) is 7.28. The Labute approximate surface area is 108 Å². The molecule has 0 aromatic heterocycles. The number of aryl methyl sites for hydroxylation is 1. The number of ether oxygens (including phenoxy) is 1. The number of hydrogen-bond donors (Lipinski definition) is 0. The first-order valence-corrected chi connectivity index (χ1v) is 5.84. The molecule has 0 heterocycles. The Bertz CT molecular complexity index is 467. The summed E-state index contributed by atoms with van der Waals surface area (Å²) in [4.78, 5) is 10.9. The zero-order valence-electron chi connectivity index (χ0n) is 10.8. The molecule has 1 aromatic carbocycles. The van der Waals surface area contributed by atoms with Crippen LogP contribution >= 0.6 is 0 Å². The molecule has 2 heteroatoms. The van der Waals surface area contributed by atoms with Crippen molar-refractivity contribution in [3.63, 3.8) is 0 Å². The Kier molecular flexibility index (Phi) is 5.65. The number of esters is 1. The minimum atomic E-state index is -0.347. The van der Waals surface area contributed by atoms with Gasteiger partial charge in [0.05, 0.1) is 0 Å². The third kappa shape index (κ3) is 5.30. The lowest BCUT2D eigenvalue weighted by Gasteiger charge is -2.02. The van der Waals surface area contributed by atoms with Gasteiger partial charge in [0.1, 0.15) is 5.76 Å². The van der Waals surface area contributed by atoms with Gasteiger partial charge in [-0.3, -0.25) is 0 Å². The van der Waals surface area contributed by atoms with Crippen molar-refractivity contribution in [3.8, 4) is 0 Å². The van der Waals surface area contributed by atoms with Crippen molar-refractivity contribution >= 4 is 5.97 Å². The molecule has 0 saturated heterocycles. The molecule has 2 nitrogen and oxygen atoms in total. The average molecular weight is 242 g/mol. The molecule has 0 N–H and O–H groups in total. The van der Waals surface area contributed by atoms with Gasteiger partial charge in [-0.25, -0.2) is 4.79 Å². The van der Waals surface area contributed by atoms with E-state index in [-0.39, 0.29) is 5.97 Å². The molecule has 94 valence electrons. The predicted molar refractivity (Wildman–Crippen MR) is 73.9 cm³/mol. The number of rotatable bonds is 2. The Balaban J connectivity index is 0.000000199. The Morgan fingerprint density at radius 1 is 1.28 bits per heavy atom. The molecule has 1 aliphatic rings. The smallest absolute Gasteiger partial charge is 0.338 e. The lowest BCUT2D eigenvalue weighted by Crippen LogP contribution is -2.03. The van der Waals surface area contributed by atoms with Crippen molar-refractivity contribution in [3.05, 3.63) is 72.0 Å². The molecule has 0 amide bonds. The molecule has 0 unspecified atom stereocenters. The van der Waals surface area contributed by atoms with Gasteiger partial charge in [-0.1, -0.05) is 54.6 Å². The molecule has 1 aliphatic carbocycles. The van der Waals surface area contributed by atoms with Crippen LogP contribution in [0, 0.1) is 6.92 Å². The van der Waals surface area contributed by atoms with Crippen LogP contribution in [-0.2, 0) is 9.53 Å². The molecule has 0 aliphatic heterocycles.